The monoisotopic (exact) mass is 652 g/mol. The summed E-state index contributed by atoms with van der Waals surface area (Å²) >= 11 is 0. The molecule has 51 heavy (non-hydrogen) atoms. The van der Waals surface area contributed by atoms with Gasteiger partial charge in [0, 0.05) is 32.5 Å². The van der Waals surface area contributed by atoms with Crippen LogP contribution in [0.1, 0.15) is 0 Å². The van der Waals surface area contributed by atoms with E-state index in [1.54, 1.807) is 0 Å². The Hall–Kier alpha value is -6.98. The number of nitrogens with zero attached hydrogens (tertiary/aromatic N) is 4. The molecule has 0 fully saturated rings. The molecule has 0 bridgehead atoms. The highest BCUT2D eigenvalue weighted by molar-refractivity contribution is 6.13. The molecule has 0 N–H and O–H groups in total. The summed E-state index contributed by atoms with van der Waals surface area (Å²) in [6.45, 7) is 0. The number of hydrogen-bond acceptors (Lipinski definition) is 3. The summed E-state index contributed by atoms with van der Waals surface area (Å²) in [4.78, 5) is 10.7. The summed E-state index contributed by atoms with van der Waals surface area (Å²) in [6.07, 6.45) is 0. The molecule has 238 valence electrons. The van der Waals surface area contributed by atoms with Gasteiger partial charge in [-0.1, -0.05) is 121 Å². The molecule has 11 rings (SSSR count). The number of furan rings is 1. The van der Waals surface area contributed by atoms with Gasteiger partial charge in [0.1, 0.15) is 16.8 Å². The van der Waals surface area contributed by atoms with Crippen LogP contribution in [0.25, 0.3) is 99.7 Å². The Bertz CT molecular complexity index is 3090. The van der Waals surface area contributed by atoms with E-state index in [0.717, 1.165) is 66.3 Å². The molecule has 0 aliphatic carbocycles. The molecule has 0 saturated carbocycles. The first kappa shape index (κ1) is 27.9. The third-order valence-electron chi connectivity index (χ3n) is 10.2. The summed E-state index contributed by atoms with van der Waals surface area (Å²) in [5.74, 6) is 0.603. The molecule has 0 spiro atoms. The second-order valence-electron chi connectivity index (χ2n) is 13.0. The normalized spacial score (nSPS) is 11.9. The van der Waals surface area contributed by atoms with Crippen molar-refractivity contribution in [2.45, 2.75) is 0 Å². The Morgan fingerprint density at radius 1 is 0.412 bits per heavy atom. The van der Waals surface area contributed by atoms with E-state index in [0.29, 0.717) is 11.5 Å². The zero-order chi connectivity index (χ0) is 33.5. The first-order valence-electron chi connectivity index (χ1n) is 17.2. The molecule has 0 unspecified atom stereocenters. The average molecular weight is 653 g/mol. The van der Waals surface area contributed by atoms with E-state index in [2.05, 4.69) is 161 Å². The number of benzene rings is 7. The first-order valence-corrected chi connectivity index (χ1v) is 17.2. The molecule has 0 saturated heterocycles. The highest BCUT2D eigenvalue weighted by Crippen LogP contribution is 2.41. The molecule has 5 nitrogen and oxygen atoms in total. The van der Waals surface area contributed by atoms with E-state index in [9.17, 15) is 0 Å². The summed E-state index contributed by atoms with van der Waals surface area (Å²) in [5, 5.41) is 5.68. The maximum Gasteiger partial charge on any atom is 0.236 e. The van der Waals surface area contributed by atoms with Crippen molar-refractivity contribution >= 4 is 65.7 Å². The lowest BCUT2D eigenvalue weighted by molar-refractivity contribution is 0.666. The van der Waals surface area contributed by atoms with Crippen LogP contribution in [-0.4, -0.2) is 19.1 Å². The average Bonchev–Trinajstić information content (AvgIpc) is 3.85. The van der Waals surface area contributed by atoms with Crippen molar-refractivity contribution in [1.29, 1.82) is 0 Å². The predicted molar refractivity (Wildman–Crippen MR) is 209 cm³/mol. The van der Waals surface area contributed by atoms with Gasteiger partial charge in [-0.05, 0) is 59.7 Å². The number of aromatic nitrogens is 4. The van der Waals surface area contributed by atoms with Gasteiger partial charge in [0.2, 0.25) is 5.95 Å². The van der Waals surface area contributed by atoms with Gasteiger partial charge in [0.05, 0.1) is 27.8 Å². The Labute approximate surface area is 292 Å². The highest BCUT2D eigenvalue weighted by Gasteiger charge is 2.24. The van der Waals surface area contributed by atoms with Crippen molar-refractivity contribution < 1.29 is 4.42 Å². The van der Waals surface area contributed by atoms with E-state index in [4.69, 9.17) is 14.4 Å². The van der Waals surface area contributed by atoms with Crippen molar-refractivity contribution in [2.24, 2.45) is 0 Å². The lowest BCUT2D eigenvalue weighted by Gasteiger charge is -2.15. The van der Waals surface area contributed by atoms with E-state index in [-0.39, 0.29) is 0 Å². The minimum Gasteiger partial charge on any atom is -0.452 e. The van der Waals surface area contributed by atoms with Crippen LogP contribution in [0.3, 0.4) is 0 Å². The molecular weight excluding hydrogens is 625 g/mol. The Morgan fingerprint density at radius 3 is 1.73 bits per heavy atom. The zero-order valence-corrected chi connectivity index (χ0v) is 27.4. The summed E-state index contributed by atoms with van der Waals surface area (Å²) in [6, 6.07) is 59.6. The zero-order valence-electron chi connectivity index (χ0n) is 27.4. The topological polar surface area (TPSA) is 48.8 Å². The fourth-order valence-electron chi connectivity index (χ4n) is 7.91. The summed E-state index contributed by atoms with van der Waals surface area (Å²) < 4.78 is 11.2. The molecule has 0 aliphatic rings. The van der Waals surface area contributed by atoms with E-state index >= 15 is 0 Å². The van der Waals surface area contributed by atoms with Gasteiger partial charge in [-0.2, -0.15) is 0 Å². The summed E-state index contributed by atoms with van der Waals surface area (Å²) in [5.41, 5.74) is 11.7. The van der Waals surface area contributed by atoms with Gasteiger partial charge in [0.15, 0.2) is 5.58 Å². The minimum atomic E-state index is 0.603. The third kappa shape index (κ3) is 4.09. The lowest BCUT2D eigenvalue weighted by Crippen LogP contribution is -2.04. The van der Waals surface area contributed by atoms with Gasteiger partial charge in [-0.3, -0.25) is 4.57 Å². The Balaban J connectivity index is 1.23. The predicted octanol–water partition coefficient (Wildman–Crippen LogP) is 11.9. The van der Waals surface area contributed by atoms with Crippen molar-refractivity contribution in [3.63, 3.8) is 0 Å². The van der Waals surface area contributed by atoms with Crippen LogP contribution < -0.4 is 0 Å². The van der Waals surface area contributed by atoms with Crippen LogP contribution in [-0.2, 0) is 0 Å². The number of fused-ring (bicyclic) bond motifs is 9. The van der Waals surface area contributed by atoms with Crippen molar-refractivity contribution in [1.82, 2.24) is 19.1 Å². The molecule has 4 heterocycles. The molecule has 0 amide bonds. The van der Waals surface area contributed by atoms with Gasteiger partial charge in [0.25, 0.3) is 0 Å². The van der Waals surface area contributed by atoms with Gasteiger partial charge < -0.3 is 8.98 Å². The van der Waals surface area contributed by atoms with Crippen LogP contribution in [0, 0.1) is 0 Å². The summed E-state index contributed by atoms with van der Waals surface area (Å²) in [7, 11) is 0. The minimum absolute atomic E-state index is 0.603. The molecule has 0 radical (unpaired) electrons. The molecular formula is C46H28N4O. The van der Waals surface area contributed by atoms with Crippen LogP contribution in [0.2, 0.25) is 0 Å². The van der Waals surface area contributed by atoms with Crippen molar-refractivity contribution in [2.75, 3.05) is 0 Å². The van der Waals surface area contributed by atoms with Crippen LogP contribution in [0.15, 0.2) is 174 Å². The van der Waals surface area contributed by atoms with E-state index in [1.807, 2.05) is 18.2 Å². The van der Waals surface area contributed by atoms with Crippen LogP contribution >= 0.6 is 0 Å². The smallest absolute Gasteiger partial charge is 0.236 e. The molecule has 4 aromatic heterocycles. The van der Waals surface area contributed by atoms with Crippen LogP contribution in [0.4, 0.5) is 0 Å². The van der Waals surface area contributed by atoms with E-state index < -0.39 is 0 Å². The first-order chi connectivity index (χ1) is 25.3. The fraction of sp³-hybridized carbons (Fsp3) is 0. The van der Waals surface area contributed by atoms with Crippen molar-refractivity contribution in [3.05, 3.63) is 170 Å². The number of rotatable bonds is 4. The SMILES string of the molecule is c1ccc(-c2ccc3c(c2)c2ccccc2n3-c2ccccc2-c2nc(-n3c4ccccc4c4ccccc43)nc3c2oc2ccccc23)cc1. The quantitative estimate of drug-likeness (QED) is 0.190. The van der Waals surface area contributed by atoms with Gasteiger partial charge in [-0.25, -0.2) is 9.97 Å². The van der Waals surface area contributed by atoms with Crippen LogP contribution in [0.5, 0.6) is 0 Å². The third-order valence-corrected chi connectivity index (χ3v) is 10.2. The second-order valence-corrected chi connectivity index (χ2v) is 13.0. The van der Waals surface area contributed by atoms with E-state index in [1.165, 1.54) is 21.9 Å². The molecule has 0 aliphatic heterocycles. The van der Waals surface area contributed by atoms with Crippen molar-refractivity contribution in [3.8, 4) is 34.0 Å². The largest absolute Gasteiger partial charge is 0.452 e. The fourth-order valence-corrected chi connectivity index (χ4v) is 7.91. The Morgan fingerprint density at radius 2 is 0.980 bits per heavy atom. The number of para-hydroxylation sites is 5. The second kappa shape index (κ2) is 10.8. The molecule has 0 atom stereocenters. The molecule has 7 aromatic carbocycles. The van der Waals surface area contributed by atoms with Gasteiger partial charge >= 0.3 is 0 Å². The number of hydrogen-bond donors (Lipinski definition) is 0. The molecule has 5 heteroatoms. The standard InChI is InChI=1S/C46H28N4O/c1-2-14-29(15-3-1)30-26-27-41-36(28-30)33-18-6-9-21-37(33)49(41)40-24-12-7-19-34(40)43-45-44(35-20-8-13-25-42(35)51-45)48-46(47-43)50-38-22-10-4-16-31(38)32-17-5-11-23-39(32)50/h1-28H. The maximum absolute atomic E-state index is 6.65. The highest BCUT2D eigenvalue weighted by atomic mass is 16.3. The Kier molecular flexibility index (Phi) is 5.89. The van der Waals surface area contributed by atoms with Gasteiger partial charge in [-0.15, -0.1) is 0 Å². The maximum atomic E-state index is 6.65. The lowest BCUT2D eigenvalue weighted by atomic mass is 10.0. The molecule has 11 aromatic rings.